The van der Waals surface area contributed by atoms with Crippen LogP contribution in [-0.2, 0) is 13.0 Å². The van der Waals surface area contributed by atoms with Crippen molar-refractivity contribution in [2.45, 2.75) is 19.9 Å². The first-order chi connectivity index (χ1) is 19.3. The van der Waals surface area contributed by atoms with Gasteiger partial charge in [0.05, 0.1) is 16.7 Å². The number of aromatic amines is 1. The molecule has 0 saturated carbocycles. The highest BCUT2D eigenvalue weighted by molar-refractivity contribution is 5.87. The first kappa shape index (κ1) is 23.0. The molecule has 0 aliphatic carbocycles. The number of nitrogens with zero attached hydrogens (tertiary/aromatic N) is 6. The van der Waals surface area contributed by atoms with Crippen molar-refractivity contribution < 1.29 is 0 Å². The number of benzene rings is 4. The maximum absolute atomic E-state index is 4.94. The number of nitrogens with one attached hydrogen (secondary N) is 1. The smallest absolute Gasteiger partial charge is 0.180 e. The first-order valence-electron chi connectivity index (χ1n) is 13.0. The molecule has 3 aromatic heterocycles. The number of hydrogen-bond acceptors (Lipinski definition) is 5. The second-order valence-electron chi connectivity index (χ2n) is 9.58. The minimum atomic E-state index is 0.656. The van der Waals surface area contributed by atoms with Gasteiger partial charge < -0.3 is 4.57 Å². The SMILES string of the molecule is CCc1nc2ccc(-c3cc4ccccc4cn3)cc2n1Cc1ccc(-c2ccccc2-c2nnn[nH]2)cc1. The fraction of sp³-hybridized carbons (Fsp3) is 0.0938. The summed E-state index contributed by atoms with van der Waals surface area (Å²) in [6, 6.07) is 33.8. The molecular weight excluding hydrogens is 482 g/mol. The van der Waals surface area contributed by atoms with E-state index in [-0.39, 0.29) is 0 Å². The van der Waals surface area contributed by atoms with Gasteiger partial charge in [-0.05, 0) is 50.7 Å². The summed E-state index contributed by atoms with van der Waals surface area (Å²) in [4.78, 5) is 9.68. The number of aromatic nitrogens is 7. The van der Waals surface area contributed by atoms with Gasteiger partial charge in [0.15, 0.2) is 5.82 Å². The number of H-pyrrole nitrogens is 1. The summed E-state index contributed by atoms with van der Waals surface area (Å²) in [5.74, 6) is 1.73. The van der Waals surface area contributed by atoms with E-state index in [1.807, 2.05) is 30.5 Å². The second kappa shape index (κ2) is 9.61. The van der Waals surface area contributed by atoms with Crippen molar-refractivity contribution in [3.63, 3.8) is 0 Å². The molecule has 0 unspecified atom stereocenters. The van der Waals surface area contributed by atoms with Gasteiger partial charge in [-0.2, -0.15) is 0 Å². The highest BCUT2D eigenvalue weighted by Gasteiger charge is 2.14. The van der Waals surface area contributed by atoms with Crippen LogP contribution in [0.15, 0.2) is 103 Å². The lowest BCUT2D eigenvalue weighted by Gasteiger charge is -2.11. The fourth-order valence-corrected chi connectivity index (χ4v) is 5.21. The molecule has 0 amide bonds. The number of aryl methyl sites for hydroxylation is 1. The Labute approximate surface area is 225 Å². The van der Waals surface area contributed by atoms with E-state index in [0.29, 0.717) is 5.82 Å². The van der Waals surface area contributed by atoms with E-state index in [0.717, 1.165) is 63.2 Å². The van der Waals surface area contributed by atoms with Gasteiger partial charge in [-0.25, -0.2) is 10.1 Å². The molecule has 7 heteroatoms. The Balaban J connectivity index is 1.23. The lowest BCUT2D eigenvalue weighted by molar-refractivity contribution is 0.753. The summed E-state index contributed by atoms with van der Waals surface area (Å²) in [5.41, 5.74) is 8.55. The van der Waals surface area contributed by atoms with Crippen molar-refractivity contribution in [3.05, 3.63) is 115 Å². The Morgan fingerprint density at radius 2 is 1.54 bits per heavy atom. The average molecular weight is 508 g/mol. The summed E-state index contributed by atoms with van der Waals surface area (Å²) in [6.45, 7) is 2.89. The van der Waals surface area contributed by atoms with Crippen molar-refractivity contribution in [1.82, 2.24) is 35.2 Å². The predicted octanol–water partition coefficient (Wildman–Crippen LogP) is 6.71. The number of pyridine rings is 1. The number of tetrazole rings is 1. The normalized spacial score (nSPS) is 11.4. The summed E-state index contributed by atoms with van der Waals surface area (Å²) in [6.07, 6.45) is 2.80. The molecule has 7 nitrogen and oxygen atoms in total. The average Bonchev–Trinajstić information content (AvgIpc) is 3.66. The van der Waals surface area contributed by atoms with Crippen LogP contribution < -0.4 is 0 Å². The minimum absolute atomic E-state index is 0.656. The van der Waals surface area contributed by atoms with Gasteiger partial charge in [0.25, 0.3) is 0 Å². The Bertz CT molecular complexity index is 1920. The molecule has 4 aromatic carbocycles. The van der Waals surface area contributed by atoms with Crippen molar-refractivity contribution in [1.29, 1.82) is 0 Å². The monoisotopic (exact) mass is 507 g/mol. The molecule has 1 N–H and O–H groups in total. The van der Waals surface area contributed by atoms with Crippen molar-refractivity contribution in [2.75, 3.05) is 0 Å². The van der Waals surface area contributed by atoms with E-state index in [9.17, 15) is 0 Å². The van der Waals surface area contributed by atoms with Crippen LogP contribution in [0.1, 0.15) is 18.3 Å². The fourth-order valence-electron chi connectivity index (χ4n) is 5.21. The summed E-state index contributed by atoms with van der Waals surface area (Å²) in [5, 5.41) is 16.8. The second-order valence-corrected chi connectivity index (χ2v) is 9.58. The standard InChI is InChI=1S/C32H25N7/c1-2-31-34-28-16-15-24(29-17-23-7-3-4-8-25(23)19-33-29)18-30(28)39(31)20-21-11-13-22(14-12-21)26-9-5-6-10-27(26)32-35-37-38-36-32/h3-19H,2,20H2,1H3,(H,35,36,37,38). The van der Waals surface area contributed by atoms with Crippen LogP contribution in [0.5, 0.6) is 0 Å². The van der Waals surface area contributed by atoms with Gasteiger partial charge >= 0.3 is 0 Å². The molecule has 0 bridgehead atoms. The van der Waals surface area contributed by atoms with Crippen LogP contribution in [0.3, 0.4) is 0 Å². The van der Waals surface area contributed by atoms with E-state index in [1.54, 1.807) is 0 Å². The Kier molecular flexibility index (Phi) is 5.66. The maximum atomic E-state index is 4.94. The summed E-state index contributed by atoms with van der Waals surface area (Å²) >= 11 is 0. The van der Waals surface area contributed by atoms with E-state index < -0.39 is 0 Å². The van der Waals surface area contributed by atoms with Crippen LogP contribution >= 0.6 is 0 Å². The first-order valence-corrected chi connectivity index (χ1v) is 13.0. The van der Waals surface area contributed by atoms with E-state index in [4.69, 9.17) is 9.97 Å². The molecule has 0 aliphatic heterocycles. The molecule has 39 heavy (non-hydrogen) atoms. The highest BCUT2D eigenvalue weighted by Crippen LogP contribution is 2.31. The number of hydrogen-bond donors (Lipinski definition) is 1. The molecule has 7 rings (SSSR count). The zero-order valence-electron chi connectivity index (χ0n) is 21.4. The van der Waals surface area contributed by atoms with E-state index in [1.165, 1.54) is 10.9 Å². The Hall–Kier alpha value is -5.17. The van der Waals surface area contributed by atoms with Crippen LogP contribution in [0.25, 0.3) is 55.6 Å². The predicted molar refractivity (Wildman–Crippen MR) is 154 cm³/mol. The maximum Gasteiger partial charge on any atom is 0.180 e. The van der Waals surface area contributed by atoms with Gasteiger partial charge in [-0.1, -0.05) is 85.8 Å². The van der Waals surface area contributed by atoms with Crippen molar-refractivity contribution in [2.24, 2.45) is 0 Å². The largest absolute Gasteiger partial charge is 0.323 e. The number of rotatable bonds is 6. The van der Waals surface area contributed by atoms with Gasteiger partial charge in [-0.15, -0.1) is 5.10 Å². The summed E-state index contributed by atoms with van der Waals surface area (Å²) in [7, 11) is 0. The summed E-state index contributed by atoms with van der Waals surface area (Å²) < 4.78 is 2.32. The zero-order chi connectivity index (χ0) is 26.2. The molecule has 0 saturated heterocycles. The van der Waals surface area contributed by atoms with Crippen LogP contribution in [0, 0.1) is 0 Å². The number of imidazole rings is 1. The molecule has 7 aromatic rings. The molecule has 0 spiro atoms. The third-order valence-corrected chi connectivity index (χ3v) is 7.20. The van der Waals surface area contributed by atoms with E-state index >= 15 is 0 Å². The molecule has 188 valence electrons. The zero-order valence-corrected chi connectivity index (χ0v) is 21.4. The number of fused-ring (bicyclic) bond motifs is 2. The van der Waals surface area contributed by atoms with E-state index in [2.05, 4.69) is 105 Å². The molecule has 0 radical (unpaired) electrons. The highest BCUT2D eigenvalue weighted by atomic mass is 15.5. The Morgan fingerprint density at radius 1 is 0.769 bits per heavy atom. The van der Waals surface area contributed by atoms with Crippen molar-refractivity contribution in [3.8, 4) is 33.8 Å². The molecular formula is C32H25N7. The van der Waals surface area contributed by atoms with Crippen molar-refractivity contribution >= 4 is 21.8 Å². The van der Waals surface area contributed by atoms with Gasteiger partial charge in [0.2, 0.25) is 0 Å². The molecule has 3 heterocycles. The van der Waals surface area contributed by atoms with Crippen LogP contribution in [0.4, 0.5) is 0 Å². The molecule has 0 atom stereocenters. The third kappa shape index (κ3) is 4.24. The third-order valence-electron chi connectivity index (χ3n) is 7.20. The van der Waals surface area contributed by atoms with Crippen LogP contribution in [-0.4, -0.2) is 35.2 Å². The van der Waals surface area contributed by atoms with Gasteiger partial charge in [-0.3, -0.25) is 4.98 Å². The topological polar surface area (TPSA) is 85.2 Å². The van der Waals surface area contributed by atoms with Gasteiger partial charge in [0, 0.05) is 35.7 Å². The Morgan fingerprint density at radius 3 is 2.33 bits per heavy atom. The van der Waals surface area contributed by atoms with Crippen LogP contribution in [0.2, 0.25) is 0 Å². The molecule has 0 fully saturated rings. The lowest BCUT2D eigenvalue weighted by Crippen LogP contribution is -2.04. The van der Waals surface area contributed by atoms with Gasteiger partial charge in [0.1, 0.15) is 5.82 Å². The molecule has 0 aliphatic rings. The lowest BCUT2D eigenvalue weighted by atomic mass is 9.98. The quantitative estimate of drug-likeness (QED) is 0.270. The minimum Gasteiger partial charge on any atom is -0.323 e.